The van der Waals surface area contributed by atoms with Gasteiger partial charge in [-0.1, -0.05) is 0 Å². The Labute approximate surface area is 105 Å². The molecular weight excluding hydrogens is 224 g/mol. The van der Waals surface area contributed by atoms with E-state index < -0.39 is 17.7 Å². The molecule has 0 bridgehead atoms. The van der Waals surface area contributed by atoms with E-state index in [2.05, 4.69) is 4.42 Å². The molecule has 0 atom stereocenters. The van der Waals surface area contributed by atoms with Crippen LogP contribution in [0.25, 0.3) is 0 Å². The summed E-state index contributed by atoms with van der Waals surface area (Å²) in [7, 11) is 0. The van der Waals surface area contributed by atoms with Crippen molar-refractivity contribution < 1.29 is 57.0 Å². The Morgan fingerprint density at radius 2 is 2.07 bits per heavy atom. The molecule has 0 saturated heterocycles. The minimum atomic E-state index is -5.03. The molecule has 0 aliphatic rings. The first-order valence-corrected chi connectivity index (χ1v) is 3.45. The first-order valence-electron chi connectivity index (χ1n) is 3.45. The van der Waals surface area contributed by atoms with Crippen molar-refractivity contribution in [2.45, 2.75) is 6.18 Å². The van der Waals surface area contributed by atoms with Crippen molar-refractivity contribution in [1.29, 1.82) is 0 Å². The summed E-state index contributed by atoms with van der Waals surface area (Å²) in [6.07, 6.45) is -3.94. The third-order valence-electron chi connectivity index (χ3n) is 1.31. The van der Waals surface area contributed by atoms with Crippen molar-refractivity contribution in [2.24, 2.45) is 0 Å². The van der Waals surface area contributed by atoms with Gasteiger partial charge in [-0.25, -0.2) is 0 Å². The topological polar surface area (TPSA) is 53.3 Å². The average molecular weight is 228 g/mol. The summed E-state index contributed by atoms with van der Waals surface area (Å²) in [5.41, 5.74) is 0. The average Bonchev–Trinajstić information content (AvgIpc) is 2.53. The summed E-state index contributed by atoms with van der Waals surface area (Å²) in [6.45, 7) is 0. The Kier molecular flexibility index (Phi) is 5.13. The maximum Gasteiger partial charge on any atom is 1.00 e. The van der Waals surface area contributed by atoms with Gasteiger partial charge in [0.2, 0.25) is 5.78 Å². The van der Waals surface area contributed by atoms with Gasteiger partial charge in [0.25, 0.3) is 0 Å². The minimum Gasteiger partial charge on any atom is -0.869 e. The van der Waals surface area contributed by atoms with E-state index in [4.69, 9.17) is 0 Å². The van der Waals surface area contributed by atoms with Crippen LogP contribution in [0.5, 0.6) is 0 Å². The quantitative estimate of drug-likeness (QED) is 0.262. The zero-order valence-electron chi connectivity index (χ0n) is 7.67. The van der Waals surface area contributed by atoms with Crippen molar-refractivity contribution in [3.8, 4) is 0 Å². The summed E-state index contributed by atoms with van der Waals surface area (Å²) in [4.78, 5) is 10.9. The fourth-order valence-corrected chi connectivity index (χ4v) is 0.691. The molecule has 0 fully saturated rings. The van der Waals surface area contributed by atoms with Crippen LogP contribution in [-0.2, 0) is 0 Å². The first-order chi connectivity index (χ1) is 6.41. The fourth-order valence-electron chi connectivity index (χ4n) is 0.691. The molecule has 0 N–H and O–H groups in total. The summed E-state index contributed by atoms with van der Waals surface area (Å²) in [5.74, 6) is -3.60. The van der Waals surface area contributed by atoms with E-state index in [-0.39, 0.29) is 41.4 Å². The molecule has 1 aromatic heterocycles. The monoisotopic (exact) mass is 228 g/mol. The zero-order chi connectivity index (χ0) is 10.8. The van der Waals surface area contributed by atoms with Gasteiger partial charge in [0, 0.05) is 0 Å². The van der Waals surface area contributed by atoms with Crippen LogP contribution < -0.4 is 34.7 Å². The minimum absolute atomic E-state index is 0. The van der Waals surface area contributed by atoms with E-state index in [1.165, 1.54) is 12.1 Å². The van der Waals surface area contributed by atoms with Crippen molar-refractivity contribution >= 4 is 5.78 Å². The number of hydrogen-bond donors (Lipinski definition) is 0. The van der Waals surface area contributed by atoms with Crippen LogP contribution in [0.15, 0.2) is 34.6 Å². The van der Waals surface area contributed by atoms with E-state index >= 15 is 0 Å². The van der Waals surface area contributed by atoms with Gasteiger partial charge in [0.15, 0.2) is 5.76 Å². The number of allylic oxidation sites excluding steroid dienone is 2. The molecule has 1 aromatic rings. The normalized spacial score (nSPS) is 12.1. The maximum absolute atomic E-state index is 11.7. The zero-order valence-corrected chi connectivity index (χ0v) is 9.67. The number of alkyl halides is 3. The fraction of sp³-hybridized carbons (Fsp3) is 0.125. The molecule has 0 radical (unpaired) electrons. The Morgan fingerprint density at radius 3 is 2.47 bits per heavy atom. The van der Waals surface area contributed by atoms with Gasteiger partial charge in [0.1, 0.15) is 0 Å². The largest absolute Gasteiger partial charge is 1.00 e. The van der Waals surface area contributed by atoms with Gasteiger partial charge >= 0.3 is 35.7 Å². The number of halogens is 3. The van der Waals surface area contributed by atoms with Crippen LogP contribution in [0.2, 0.25) is 0 Å². The van der Waals surface area contributed by atoms with Crippen LogP contribution in [-0.4, -0.2) is 12.0 Å². The van der Waals surface area contributed by atoms with Crippen LogP contribution >= 0.6 is 0 Å². The van der Waals surface area contributed by atoms with Crippen molar-refractivity contribution in [3.63, 3.8) is 0 Å². The maximum atomic E-state index is 11.7. The summed E-state index contributed by atoms with van der Waals surface area (Å²) >= 11 is 0. The second-order valence-corrected chi connectivity index (χ2v) is 2.35. The van der Waals surface area contributed by atoms with Gasteiger partial charge in [-0.15, -0.1) is 0 Å². The Balaban J connectivity index is 0.00000196. The van der Waals surface area contributed by atoms with Gasteiger partial charge in [-0.05, 0) is 24.0 Å². The molecule has 0 aliphatic heterocycles. The first kappa shape index (κ1) is 14.3. The smallest absolute Gasteiger partial charge is 0.869 e. The number of furan rings is 1. The Hall–Kier alpha value is -0.720. The molecule has 3 nitrogen and oxygen atoms in total. The van der Waals surface area contributed by atoms with Crippen LogP contribution in [0, 0.1) is 0 Å². The number of carbonyl (C=O) groups is 1. The van der Waals surface area contributed by atoms with E-state index in [0.717, 1.165) is 6.26 Å². The predicted octanol–water partition coefficient (Wildman–Crippen LogP) is -1.73. The molecule has 15 heavy (non-hydrogen) atoms. The number of hydrogen-bond acceptors (Lipinski definition) is 3. The molecule has 0 aromatic carbocycles. The predicted molar refractivity (Wildman–Crippen MR) is 37.2 cm³/mol. The van der Waals surface area contributed by atoms with Crippen molar-refractivity contribution in [2.75, 3.05) is 0 Å². The molecule has 0 unspecified atom stereocenters. The molecule has 0 spiro atoms. The Morgan fingerprint density at radius 1 is 1.47 bits per heavy atom. The molecule has 0 amide bonds. The number of carbonyl (C=O) groups excluding carboxylic acids is 1. The Bertz CT molecular complexity index is 354. The van der Waals surface area contributed by atoms with Gasteiger partial charge in [0.05, 0.1) is 6.26 Å². The molecular formula is C8H4F3NaO3. The third-order valence-corrected chi connectivity index (χ3v) is 1.31. The summed E-state index contributed by atoms with van der Waals surface area (Å²) in [5, 5.41) is 10.3. The SMILES string of the molecule is O=C(/C=C(/[O-])C(F)(F)F)c1ccco1.[Na+]. The number of rotatable bonds is 2. The molecule has 1 rings (SSSR count). The van der Waals surface area contributed by atoms with Crippen LogP contribution in [0.4, 0.5) is 13.2 Å². The summed E-state index contributed by atoms with van der Waals surface area (Å²) < 4.78 is 39.6. The molecule has 0 aliphatic carbocycles. The van der Waals surface area contributed by atoms with Crippen LogP contribution in [0.1, 0.15) is 10.6 Å². The third kappa shape index (κ3) is 4.11. The van der Waals surface area contributed by atoms with Gasteiger partial charge in [-0.2, -0.15) is 13.2 Å². The van der Waals surface area contributed by atoms with Crippen LogP contribution in [0.3, 0.4) is 0 Å². The second kappa shape index (κ2) is 5.39. The molecule has 1 heterocycles. The number of ketones is 1. The van der Waals surface area contributed by atoms with Gasteiger partial charge < -0.3 is 9.52 Å². The van der Waals surface area contributed by atoms with E-state index in [0.29, 0.717) is 0 Å². The van der Waals surface area contributed by atoms with E-state index in [9.17, 15) is 23.1 Å². The standard InChI is InChI=1S/C8H5F3O3.Na/c9-8(10,11)7(13)4-5(12)6-2-1-3-14-6;/h1-4,13H;/q;+1/p-1/b7-4+;. The summed E-state index contributed by atoms with van der Waals surface area (Å²) in [6, 6.07) is 2.50. The molecule has 7 heteroatoms. The van der Waals surface area contributed by atoms with Crippen molar-refractivity contribution in [1.82, 2.24) is 0 Å². The molecule has 76 valence electrons. The van der Waals surface area contributed by atoms with Gasteiger partial charge in [-0.3, -0.25) is 4.79 Å². The molecule has 0 saturated carbocycles. The van der Waals surface area contributed by atoms with E-state index in [1.807, 2.05) is 0 Å². The van der Waals surface area contributed by atoms with Crippen molar-refractivity contribution in [3.05, 3.63) is 36.0 Å². The van der Waals surface area contributed by atoms with E-state index in [1.54, 1.807) is 0 Å². The second-order valence-electron chi connectivity index (χ2n) is 2.35.